The molecule has 1 N–H and O–H groups in total. The van der Waals surface area contributed by atoms with Gasteiger partial charge in [0.1, 0.15) is 5.69 Å². The van der Waals surface area contributed by atoms with E-state index in [1.807, 2.05) is 11.0 Å². The zero-order valence-corrected chi connectivity index (χ0v) is 11.1. The van der Waals surface area contributed by atoms with Crippen LogP contribution in [0.4, 0.5) is 0 Å². The lowest BCUT2D eigenvalue weighted by Crippen LogP contribution is -2.49. The molecule has 1 amide bonds. The number of aromatic nitrogens is 1. The number of aromatic amines is 1. The number of hydrogen-bond acceptors (Lipinski definition) is 4. The standard InChI is InChI=1S/C13H19N3O3/c1-19-12(17)4-6-15-7-9-16(10-8-15)13(18)11-3-2-5-14-11/h2-3,5,14H,4,6-10H2,1H3. The highest BCUT2D eigenvalue weighted by Gasteiger charge is 2.22. The van der Waals surface area contributed by atoms with E-state index in [4.69, 9.17) is 0 Å². The van der Waals surface area contributed by atoms with E-state index in [9.17, 15) is 9.59 Å². The Hall–Kier alpha value is -1.82. The van der Waals surface area contributed by atoms with Crippen LogP contribution < -0.4 is 0 Å². The lowest BCUT2D eigenvalue weighted by molar-refractivity contribution is -0.141. The number of ether oxygens (including phenoxy) is 1. The Morgan fingerprint density at radius 1 is 1.32 bits per heavy atom. The first-order valence-electron chi connectivity index (χ1n) is 6.42. The predicted molar refractivity (Wildman–Crippen MR) is 69.8 cm³/mol. The Balaban J connectivity index is 1.76. The highest BCUT2D eigenvalue weighted by Crippen LogP contribution is 2.07. The van der Waals surface area contributed by atoms with Crippen molar-refractivity contribution in [3.63, 3.8) is 0 Å². The molecular formula is C13H19N3O3. The van der Waals surface area contributed by atoms with Gasteiger partial charge in [-0.25, -0.2) is 0 Å². The Labute approximate surface area is 112 Å². The van der Waals surface area contributed by atoms with Crippen molar-refractivity contribution in [2.24, 2.45) is 0 Å². The third-order valence-corrected chi connectivity index (χ3v) is 3.35. The summed E-state index contributed by atoms with van der Waals surface area (Å²) >= 11 is 0. The molecule has 0 atom stereocenters. The van der Waals surface area contributed by atoms with Gasteiger partial charge in [0.2, 0.25) is 0 Å². The summed E-state index contributed by atoms with van der Waals surface area (Å²) in [6.07, 6.45) is 2.15. The smallest absolute Gasteiger partial charge is 0.306 e. The van der Waals surface area contributed by atoms with Crippen molar-refractivity contribution in [1.82, 2.24) is 14.8 Å². The second-order valence-corrected chi connectivity index (χ2v) is 4.54. The molecule has 0 saturated carbocycles. The van der Waals surface area contributed by atoms with Gasteiger partial charge >= 0.3 is 5.97 Å². The molecule has 2 heterocycles. The molecule has 6 nitrogen and oxygen atoms in total. The van der Waals surface area contributed by atoms with Crippen molar-refractivity contribution in [3.8, 4) is 0 Å². The molecule has 0 unspecified atom stereocenters. The number of piperazine rings is 1. The summed E-state index contributed by atoms with van der Waals surface area (Å²) in [5.41, 5.74) is 0.628. The summed E-state index contributed by atoms with van der Waals surface area (Å²) in [7, 11) is 1.40. The highest BCUT2D eigenvalue weighted by molar-refractivity contribution is 5.92. The minimum absolute atomic E-state index is 0.0395. The van der Waals surface area contributed by atoms with Crippen LogP contribution in [0.1, 0.15) is 16.9 Å². The van der Waals surface area contributed by atoms with Crippen LogP contribution in [0.3, 0.4) is 0 Å². The topological polar surface area (TPSA) is 65.6 Å². The quantitative estimate of drug-likeness (QED) is 0.797. The number of esters is 1. The Morgan fingerprint density at radius 2 is 2.05 bits per heavy atom. The second-order valence-electron chi connectivity index (χ2n) is 4.54. The second kappa shape index (κ2) is 6.38. The van der Waals surface area contributed by atoms with Crippen LogP contribution in [-0.4, -0.2) is 66.5 Å². The van der Waals surface area contributed by atoms with Gasteiger partial charge in [0.15, 0.2) is 0 Å². The summed E-state index contributed by atoms with van der Waals surface area (Å²) < 4.78 is 4.62. The number of hydrogen-bond donors (Lipinski definition) is 1. The van der Waals surface area contributed by atoms with E-state index in [2.05, 4.69) is 14.6 Å². The van der Waals surface area contributed by atoms with Crippen molar-refractivity contribution in [1.29, 1.82) is 0 Å². The molecule has 1 saturated heterocycles. The maximum Gasteiger partial charge on any atom is 0.306 e. The molecule has 104 valence electrons. The van der Waals surface area contributed by atoms with Gasteiger partial charge in [-0.05, 0) is 12.1 Å². The van der Waals surface area contributed by atoms with Gasteiger partial charge in [0, 0.05) is 38.9 Å². The summed E-state index contributed by atoms with van der Waals surface area (Å²) in [6, 6.07) is 3.60. The number of H-pyrrole nitrogens is 1. The van der Waals surface area contributed by atoms with Crippen LogP contribution in [0.25, 0.3) is 0 Å². The van der Waals surface area contributed by atoms with E-state index in [1.54, 1.807) is 12.3 Å². The molecule has 0 spiro atoms. The van der Waals surface area contributed by atoms with Gasteiger partial charge in [-0.2, -0.15) is 0 Å². The van der Waals surface area contributed by atoms with Crippen LogP contribution >= 0.6 is 0 Å². The minimum atomic E-state index is -0.190. The maximum atomic E-state index is 12.1. The first kappa shape index (κ1) is 13.6. The highest BCUT2D eigenvalue weighted by atomic mass is 16.5. The van der Waals surface area contributed by atoms with Crippen molar-refractivity contribution in [2.45, 2.75) is 6.42 Å². The average Bonchev–Trinajstić information content (AvgIpc) is 2.98. The summed E-state index contributed by atoms with van der Waals surface area (Å²) in [5, 5.41) is 0. The van der Waals surface area contributed by atoms with Gasteiger partial charge in [-0.15, -0.1) is 0 Å². The van der Waals surface area contributed by atoms with Crippen molar-refractivity contribution >= 4 is 11.9 Å². The maximum absolute atomic E-state index is 12.1. The molecule has 2 rings (SSSR count). The first-order valence-corrected chi connectivity index (χ1v) is 6.42. The Kier molecular flexibility index (Phi) is 4.57. The van der Waals surface area contributed by atoms with E-state index in [1.165, 1.54) is 7.11 Å². The monoisotopic (exact) mass is 265 g/mol. The van der Waals surface area contributed by atoms with Crippen molar-refractivity contribution < 1.29 is 14.3 Å². The fourth-order valence-corrected chi connectivity index (χ4v) is 2.16. The third kappa shape index (κ3) is 3.57. The van der Waals surface area contributed by atoms with E-state index in [-0.39, 0.29) is 11.9 Å². The molecular weight excluding hydrogens is 246 g/mol. The van der Waals surface area contributed by atoms with Gasteiger partial charge in [0.05, 0.1) is 13.5 Å². The number of carbonyl (C=O) groups excluding carboxylic acids is 2. The first-order chi connectivity index (χ1) is 9.20. The van der Waals surface area contributed by atoms with Crippen molar-refractivity contribution in [3.05, 3.63) is 24.0 Å². The predicted octanol–water partition coefficient (Wildman–Crippen LogP) is 0.336. The normalized spacial score (nSPS) is 16.4. The SMILES string of the molecule is COC(=O)CCN1CCN(C(=O)c2ccc[nH]2)CC1. The molecule has 0 aromatic carbocycles. The molecule has 1 aliphatic rings. The Morgan fingerprint density at radius 3 is 2.63 bits per heavy atom. The zero-order valence-electron chi connectivity index (χ0n) is 11.1. The number of amides is 1. The van der Waals surface area contributed by atoms with E-state index < -0.39 is 0 Å². The molecule has 1 fully saturated rings. The summed E-state index contributed by atoms with van der Waals surface area (Å²) in [6.45, 7) is 3.67. The van der Waals surface area contributed by atoms with Gasteiger partial charge in [0.25, 0.3) is 5.91 Å². The molecule has 1 aromatic rings. The average molecular weight is 265 g/mol. The summed E-state index contributed by atoms with van der Waals surface area (Å²) in [5.74, 6) is -0.150. The number of rotatable bonds is 4. The molecule has 1 aliphatic heterocycles. The van der Waals surface area contributed by atoms with Crippen LogP contribution in [0.15, 0.2) is 18.3 Å². The van der Waals surface area contributed by atoms with E-state index in [0.717, 1.165) is 13.1 Å². The lowest BCUT2D eigenvalue weighted by Gasteiger charge is -2.34. The Bertz CT molecular complexity index is 422. The molecule has 6 heteroatoms. The van der Waals surface area contributed by atoms with E-state index >= 15 is 0 Å². The van der Waals surface area contributed by atoms with Crippen molar-refractivity contribution in [2.75, 3.05) is 39.8 Å². The largest absolute Gasteiger partial charge is 0.469 e. The van der Waals surface area contributed by atoms with Crippen LogP contribution in [-0.2, 0) is 9.53 Å². The number of nitrogens with zero attached hydrogens (tertiary/aromatic N) is 2. The van der Waals surface area contributed by atoms with Crippen LogP contribution in [0, 0.1) is 0 Å². The minimum Gasteiger partial charge on any atom is -0.469 e. The summed E-state index contributed by atoms with van der Waals surface area (Å²) in [4.78, 5) is 30.1. The lowest BCUT2D eigenvalue weighted by atomic mass is 10.2. The molecule has 1 aromatic heterocycles. The molecule has 0 radical (unpaired) electrons. The number of carbonyl (C=O) groups is 2. The third-order valence-electron chi connectivity index (χ3n) is 3.35. The van der Waals surface area contributed by atoms with Crippen LogP contribution in [0.2, 0.25) is 0 Å². The van der Waals surface area contributed by atoms with Gasteiger partial charge < -0.3 is 14.6 Å². The number of nitrogens with one attached hydrogen (secondary N) is 1. The fraction of sp³-hybridized carbons (Fsp3) is 0.538. The number of methoxy groups -OCH3 is 1. The van der Waals surface area contributed by atoms with E-state index in [0.29, 0.717) is 31.7 Å². The van der Waals surface area contributed by atoms with Gasteiger partial charge in [-0.3, -0.25) is 14.5 Å². The van der Waals surface area contributed by atoms with Crippen LogP contribution in [0.5, 0.6) is 0 Å². The fourth-order valence-electron chi connectivity index (χ4n) is 2.16. The molecule has 0 aliphatic carbocycles. The van der Waals surface area contributed by atoms with Gasteiger partial charge in [-0.1, -0.05) is 0 Å². The molecule has 19 heavy (non-hydrogen) atoms. The molecule has 0 bridgehead atoms. The zero-order chi connectivity index (χ0) is 13.7.